The predicted octanol–water partition coefficient (Wildman–Crippen LogP) is 1.93. The van der Waals surface area contributed by atoms with Crippen LogP contribution in [0.2, 0.25) is 0 Å². The monoisotopic (exact) mass is 287 g/mol. The van der Waals surface area contributed by atoms with E-state index in [9.17, 15) is 14.9 Å². The number of hydrogen-bond donors (Lipinski definition) is 2. The highest BCUT2D eigenvalue weighted by atomic mass is 35.5. The molecule has 0 saturated carbocycles. The molecule has 19 heavy (non-hydrogen) atoms. The average molecular weight is 288 g/mol. The largest absolute Gasteiger partial charge is 0.348 e. The van der Waals surface area contributed by atoms with Crippen LogP contribution in [0.1, 0.15) is 31.9 Å². The van der Waals surface area contributed by atoms with Gasteiger partial charge in [0.1, 0.15) is 0 Å². The topological polar surface area (TPSA) is 98.3 Å². The molecule has 1 rings (SSSR count). The summed E-state index contributed by atoms with van der Waals surface area (Å²) in [5, 5.41) is 13.4. The number of nitrogens with two attached hydrogens (primary N) is 1. The lowest BCUT2D eigenvalue weighted by Gasteiger charge is -2.16. The number of hydrogen-bond acceptors (Lipinski definition) is 4. The fraction of sp³-hybridized carbons (Fsp3) is 0.417. The number of nitro benzene ring substituents is 1. The second kappa shape index (κ2) is 7.70. The van der Waals surface area contributed by atoms with Gasteiger partial charge in [0.2, 0.25) is 5.91 Å². The van der Waals surface area contributed by atoms with E-state index in [0.29, 0.717) is 12.0 Å². The molecule has 0 radical (unpaired) electrons. The van der Waals surface area contributed by atoms with Gasteiger partial charge < -0.3 is 11.1 Å². The number of amides is 1. The molecule has 106 valence electrons. The number of nitrogens with zero attached hydrogens (tertiary/aromatic N) is 1. The molecule has 1 aromatic carbocycles. The van der Waals surface area contributed by atoms with E-state index >= 15 is 0 Å². The van der Waals surface area contributed by atoms with E-state index in [4.69, 9.17) is 5.73 Å². The summed E-state index contributed by atoms with van der Waals surface area (Å²) in [6.07, 6.45) is 0.549. The third kappa shape index (κ3) is 4.84. The van der Waals surface area contributed by atoms with Crippen molar-refractivity contribution in [2.45, 2.75) is 32.4 Å². The highest BCUT2D eigenvalue weighted by molar-refractivity contribution is 5.85. The summed E-state index contributed by atoms with van der Waals surface area (Å²) in [7, 11) is 0. The number of carbonyl (C=O) groups is 1. The van der Waals surface area contributed by atoms with Gasteiger partial charge >= 0.3 is 0 Å². The highest BCUT2D eigenvalue weighted by Gasteiger charge is 2.16. The zero-order chi connectivity index (χ0) is 13.7. The number of non-ortho nitro benzene ring substituents is 1. The molecule has 3 N–H and O–H groups in total. The molecule has 0 heterocycles. The molecule has 2 atom stereocenters. The predicted molar refractivity (Wildman–Crippen MR) is 75.2 cm³/mol. The quantitative estimate of drug-likeness (QED) is 0.638. The van der Waals surface area contributed by atoms with Crippen molar-refractivity contribution < 1.29 is 9.72 Å². The number of benzene rings is 1. The van der Waals surface area contributed by atoms with E-state index in [0.717, 1.165) is 0 Å². The van der Waals surface area contributed by atoms with Crippen LogP contribution >= 0.6 is 12.4 Å². The lowest BCUT2D eigenvalue weighted by molar-refractivity contribution is -0.384. The second-order valence-electron chi connectivity index (χ2n) is 4.10. The summed E-state index contributed by atoms with van der Waals surface area (Å²) in [6, 6.07) is 5.32. The van der Waals surface area contributed by atoms with E-state index in [1.54, 1.807) is 19.1 Å². The number of nitro groups is 1. The Balaban J connectivity index is 0.00000324. The van der Waals surface area contributed by atoms with Crippen molar-refractivity contribution >= 4 is 24.0 Å². The Morgan fingerprint density at radius 1 is 1.53 bits per heavy atom. The Kier molecular flexibility index (Phi) is 7.03. The van der Waals surface area contributed by atoms with Crippen LogP contribution in [0.3, 0.4) is 0 Å². The van der Waals surface area contributed by atoms with Gasteiger partial charge in [-0.2, -0.15) is 0 Å². The van der Waals surface area contributed by atoms with Crippen LogP contribution in [0.25, 0.3) is 0 Å². The van der Waals surface area contributed by atoms with Crippen molar-refractivity contribution in [3.8, 4) is 0 Å². The third-order valence-electron chi connectivity index (χ3n) is 2.72. The standard InChI is InChI=1S/C12H17N3O3.ClH/c1-3-11(13)12(16)14-8(2)9-5-4-6-10(7-9)15(17)18;/h4-8,11H,3,13H2,1-2H3,(H,14,16);1H/t8?,11-;/m0./s1. The molecule has 1 amide bonds. The molecule has 6 nitrogen and oxygen atoms in total. The first-order valence-corrected chi connectivity index (χ1v) is 5.76. The molecule has 0 aliphatic carbocycles. The van der Waals surface area contributed by atoms with Crippen molar-refractivity contribution in [2.75, 3.05) is 0 Å². The smallest absolute Gasteiger partial charge is 0.269 e. The van der Waals surface area contributed by atoms with Crippen LogP contribution < -0.4 is 11.1 Å². The molecule has 7 heteroatoms. The van der Waals surface area contributed by atoms with E-state index in [1.807, 2.05) is 6.92 Å². The zero-order valence-corrected chi connectivity index (χ0v) is 11.6. The van der Waals surface area contributed by atoms with Crippen LogP contribution in [-0.4, -0.2) is 16.9 Å². The molecule has 1 aromatic rings. The van der Waals surface area contributed by atoms with Gasteiger partial charge in [-0.05, 0) is 18.9 Å². The molecular formula is C12H18ClN3O3. The summed E-state index contributed by atoms with van der Waals surface area (Å²) in [6.45, 7) is 3.58. The molecule has 0 aromatic heterocycles. The van der Waals surface area contributed by atoms with Gasteiger partial charge in [0.15, 0.2) is 0 Å². The molecule has 0 saturated heterocycles. The zero-order valence-electron chi connectivity index (χ0n) is 10.8. The first-order chi connectivity index (χ1) is 8.45. The molecule has 0 aliphatic heterocycles. The van der Waals surface area contributed by atoms with Crippen LogP contribution in [0.5, 0.6) is 0 Å². The normalized spacial score (nSPS) is 13.0. The fourth-order valence-corrected chi connectivity index (χ4v) is 1.50. The Hall–Kier alpha value is -1.66. The number of nitrogens with one attached hydrogen (secondary N) is 1. The summed E-state index contributed by atoms with van der Waals surface area (Å²) >= 11 is 0. The maximum atomic E-state index is 11.6. The van der Waals surface area contributed by atoms with E-state index in [1.165, 1.54) is 12.1 Å². The Morgan fingerprint density at radius 2 is 2.16 bits per heavy atom. The number of carbonyl (C=O) groups excluding carboxylic acids is 1. The summed E-state index contributed by atoms with van der Waals surface area (Å²) in [5.74, 6) is -0.253. The van der Waals surface area contributed by atoms with Crippen LogP contribution in [0, 0.1) is 10.1 Å². The molecule has 0 bridgehead atoms. The minimum Gasteiger partial charge on any atom is -0.348 e. The first kappa shape index (κ1) is 17.3. The minimum atomic E-state index is -0.550. The molecule has 0 spiro atoms. The molecule has 0 aliphatic rings. The second-order valence-corrected chi connectivity index (χ2v) is 4.10. The maximum Gasteiger partial charge on any atom is 0.269 e. The average Bonchev–Trinajstić information content (AvgIpc) is 2.37. The number of rotatable bonds is 5. The maximum absolute atomic E-state index is 11.6. The van der Waals surface area contributed by atoms with Gasteiger partial charge in [0, 0.05) is 12.1 Å². The van der Waals surface area contributed by atoms with Crippen molar-refractivity contribution in [1.82, 2.24) is 5.32 Å². The van der Waals surface area contributed by atoms with Crippen LogP contribution in [0.15, 0.2) is 24.3 Å². The van der Waals surface area contributed by atoms with E-state index < -0.39 is 11.0 Å². The van der Waals surface area contributed by atoms with E-state index in [-0.39, 0.29) is 30.0 Å². The minimum absolute atomic E-state index is 0. The Labute approximate surface area is 117 Å². The Bertz CT molecular complexity index is 454. The van der Waals surface area contributed by atoms with Gasteiger partial charge in [0.25, 0.3) is 5.69 Å². The summed E-state index contributed by atoms with van der Waals surface area (Å²) in [5.41, 5.74) is 6.29. The lowest BCUT2D eigenvalue weighted by atomic mass is 10.1. The van der Waals surface area contributed by atoms with Gasteiger partial charge in [-0.25, -0.2) is 0 Å². The summed E-state index contributed by atoms with van der Waals surface area (Å²) in [4.78, 5) is 21.8. The molecule has 0 fully saturated rings. The van der Waals surface area contributed by atoms with Gasteiger partial charge in [-0.15, -0.1) is 12.4 Å². The van der Waals surface area contributed by atoms with Crippen molar-refractivity contribution in [1.29, 1.82) is 0 Å². The van der Waals surface area contributed by atoms with E-state index in [2.05, 4.69) is 5.32 Å². The Morgan fingerprint density at radius 3 is 2.68 bits per heavy atom. The van der Waals surface area contributed by atoms with Gasteiger partial charge in [-0.1, -0.05) is 19.1 Å². The van der Waals surface area contributed by atoms with Crippen LogP contribution in [-0.2, 0) is 4.79 Å². The highest BCUT2D eigenvalue weighted by Crippen LogP contribution is 2.18. The fourth-order valence-electron chi connectivity index (χ4n) is 1.50. The van der Waals surface area contributed by atoms with Gasteiger partial charge in [-0.3, -0.25) is 14.9 Å². The lowest BCUT2D eigenvalue weighted by Crippen LogP contribution is -2.41. The SMILES string of the molecule is CC[C@H](N)C(=O)NC(C)c1cccc([N+](=O)[O-])c1.Cl. The van der Waals surface area contributed by atoms with Crippen molar-refractivity contribution in [3.05, 3.63) is 39.9 Å². The number of halogens is 1. The summed E-state index contributed by atoms with van der Waals surface area (Å²) < 4.78 is 0. The molecule has 1 unspecified atom stereocenters. The third-order valence-corrected chi connectivity index (χ3v) is 2.72. The van der Waals surface area contributed by atoms with Gasteiger partial charge in [0.05, 0.1) is 17.0 Å². The van der Waals surface area contributed by atoms with Crippen molar-refractivity contribution in [2.24, 2.45) is 5.73 Å². The molecular weight excluding hydrogens is 270 g/mol. The first-order valence-electron chi connectivity index (χ1n) is 5.76. The van der Waals surface area contributed by atoms with Crippen molar-refractivity contribution in [3.63, 3.8) is 0 Å². The van der Waals surface area contributed by atoms with Crippen LogP contribution in [0.4, 0.5) is 5.69 Å².